The number of hydrogen-bond donors (Lipinski definition) is 1. The van der Waals surface area contributed by atoms with Crippen LogP contribution in [0.15, 0.2) is 72.1 Å². The van der Waals surface area contributed by atoms with E-state index in [0.29, 0.717) is 11.3 Å². The molecule has 0 aliphatic carbocycles. The summed E-state index contributed by atoms with van der Waals surface area (Å²) in [5, 5.41) is -0.253. The highest BCUT2D eigenvalue weighted by molar-refractivity contribution is 8.00. The van der Waals surface area contributed by atoms with Gasteiger partial charge in [-0.1, -0.05) is 60.7 Å². The summed E-state index contributed by atoms with van der Waals surface area (Å²) in [5.74, 6) is 0.521. The van der Waals surface area contributed by atoms with Gasteiger partial charge in [-0.25, -0.2) is 4.79 Å². The van der Waals surface area contributed by atoms with Gasteiger partial charge in [0.1, 0.15) is 11.4 Å². The van der Waals surface area contributed by atoms with Crippen LogP contribution in [0.5, 0.6) is 0 Å². The van der Waals surface area contributed by atoms with E-state index in [9.17, 15) is 9.59 Å². The van der Waals surface area contributed by atoms with Crippen molar-refractivity contribution in [3.63, 3.8) is 0 Å². The predicted octanol–water partition coefficient (Wildman–Crippen LogP) is 3.62. The number of fused-ring (bicyclic) bond motifs is 1. The minimum Gasteiger partial charge on any atom is -0.421 e. The van der Waals surface area contributed by atoms with Gasteiger partial charge in [0.15, 0.2) is 6.10 Å². The second-order valence-electron chi connectivity index (χ2n) is 6.65. The number of rotatable bonds is 5. The highest BCUT2D eigenvalue weighted by Crippen LogP contribution is 2.40. The maximum atomic E-state index is 12.7. The van der Waals surface area contributed by atoms with Crippen LogP contribution in [0.3, 0.4) is 0 Å². The number of carbonyl (C=O) groups excluding carboxylic acids is 2. The summed E-state index contributed by atoms with van der Waals surface area (Å²) in [6.45, 7) is 0. The molecule has 0 bridgehead atoms. The van der Waals surface area contributed by atoms with E-state index in [4.69, 9.17) is 26.8 Å². The van der Waals surface area contributed by atoms with E-state index >= 15 is 0 Å². The second kappa shape index (κ2) is 8.49. The minimum atomic E-state index is -0.903. The Balaban J connectivity index is 1.57. The molecule has 2 aromatic rings. The van der Waals surface area contributed by atoms with Gasteiger partial charge in [0.2, 0.25) is 11.8 Å². The van der Waals surface area contributed by atoms with E-state index in [1.807, 2.05) is 60.7 Å². The van der Waals surface area contributed by atoms with Gasteiger partial charge in [0.25, 0.3) is 0 Å². The van der Waals surface area contributed by atoms with Crippen LogP contribution < -0.4 is 5.73 Å². The molecular weight excluding hydrogens is 412 g/mol. The van der Waals surface area contributed by atoms with Crippen molar-refractivity contribution in [2.24, 2.45) is 5.73 Å². The zero-order chi connectivity index (χ0) is 20.4. The number of hydrogen-bond acceptors (Lipinski definition) is 6. The van der Waals surface area contributed by atoms with Gasteiger partial charge in [-0.2, -0.15) is 0 Å². The van der Waals surface area contributed by atoms with Crippen LogP contribution in [0, 0.1) is 0 Å². The minimum absolute atomic E-state index is 0.139. The topological polar surface area (TPSA) is 81.9 Å². The van der Waals surface area contributed by atoms with Crippen molar-refractivity contribution in [3.8, 4) is 0 Å². The van der Waals surface area contributed by atoms with Crippen molar-refractivity contribution in [2.45, 2.75) is 17.5 Å². The van der Waals surface area contributed by atoms with Crippen molar-refractivity contribution in [1.29, 1.82) is 0 Å². The fourth-order valence-corrected chi connectivity index (χ4v) is 4.89. The zero-order valence-corrected chi connectivity index (χ0v) is 16.9. The first kappa shape index (κ1) is 19.8. The summed E-state index contributed by atoms with van der Waals surface area (Å²) in [7, 11) is 0. The second-order valence-corrected chi connectivity index (χ2v) is 8.02. The molecule has 2 aliphatic heterocycles. The Morgan fingerprint density at radius 1 is 1.14 bits per heavy atom. The number of amides is 1. The molecule has 8 heteroatoms. The molecule has 1 fully saturated rings. The molecular formula is C21H19ClN2O4S. The normalized spacial score (nSPS) is 20.9. The molecule has 2 atom stereocenters. The van der Waals surface area contributed by atoms with Crippen LogP contribution in [0.4, 0.5) is 4.79 Å². The van der Waals surface area contributed by atoms with Gasteiger partial charge in [-0.3, -0.25) is 9.69 Å². The van der Waals surface area contributed by atoms with Crippen molar-refractivity contribution in [2.75, 3.05) is 11.6 Å². The fourth-order valence-electron chi connectivity index (χ4n) is 3.30. The number of thioether (sulfide) groups is 1. The van der Waals surface area contributed by atoms with E-state index in [1.165, 1.54) is 16.7 Å². The Morgan fingerprint density at radius 2 is 1.72 bits per heavy atom. The van der Waals surface area contributed by atoms with Gasteiger partial charge in [-0.15, -0.1) is 23.4 Å². The van der Waals surface area contributed by atoms with Gasteiger partial charge < -0.3 is 15.2 Å². The molecule has 2 heterocycles. The Hall–Kier alpha value is -2.48. The molecule has 6 nitrogen and oxygen atoms in total. The van der Waals surface area contributed by atoms with Crippen LogP contribution in [-0.2, 0) is 14.3 Å². The number of nitrogens with zero attached hydrogens (tertiary/aromatic N) is 1. The first-order valence-corrected chi connectivity index (χ1v) is 10.6. The molecule has 0 saturated carbocycles. The Morgan fingerprint density at radius 3 is 2.28 bits per heavy atom. The third-order valence-electron chi connectivity index (χ3n) is 4.79. The van der Waals surface area contributed by atoms with Crippen LogP contribution in [0.25, 0.3) is 0 Å². The van der Waals surface area contributed by atoms with Crippen molar-refractivity contribution < 1.29 is 19.1 Å². The molecule has 0 aromatic heterocycles. The molecule has 0 radical (unpaired) electrons. The summed E-state index contributed by atoms with van der Waals surface area (Å²) in [5.41, 5.74) is 8.12. The van der Waals surface area contributed by atoms with Crippen LogP contribution in [-0.4, -0.2) is 40.0 Å². The lowest BCUT2D eigenvalue weighted by Gasteiger charge is -2.47. The highest BCUT2D eigenvalue weighted by atomic mass is 35.5. The molecule has 2 aromatic carbocycles. The van der Waals surface area contributed by atoms with Gasteiger partial charge in [-0.05, 0) is 11.1 Å². The predicted molar refractivity (Wildman–Crippen MR) is 111 cm³/mol. The smallest absolute Gasteiger partial charge is 0.421 e. The number of β-lactam (4-membered cyclic amide) rings is 1. The lowest BCUT2D eigenvalue weighted by molar-refractivity contribution is -0.144. The Labute approximate surface area is 177 Å². The molecule has 29 heavy (non-hydrogen) atoms. The maximum Gasteiger partial charge on any atom is 0.516 e. The molecule has 4 rings (SSSR count). The van der Waals surface area contributed by atoms with E-state index in [1.54, 1.807) is 0 Å². The molecule has 2 aliphatic rings. The summed E-state index contributed by atoms with van der Waals surface area (Å²) in [4.78, 5) is 26.3. The van der Waals surface area contributed by atoms with Gasteiger partial charge in [0.05, 0.1) is 0 Å². The quantitative estimate of drug-likeness (QED) is 0.443. The number of carbonyl (C=O) groups is 2. The maximum absolute atomic E-state index is 12.7. The Bertz CT molecular complexity index is 899. The SMILES string of the molecule is NC1C(=O)N2C(OC(=O)OC(c3ccccc3)c3ccccc3)=C(CCl)CS[C@@H]12. The standard InChI is InChI=1S/C21H19ClN2O4S/c22-11-15-12-29-20-16(23)18(25)24(20)19(15)28-21(26)27-17(13-7-3-1-4-8-13)14-9-5-2-6-10-14/h1-10,16-17,20H,11-12,23H2/t16?,20-/m0/s1. The zero-order valence-electron chi connectivity index (χ0n) is 15.4. The first-order valence-electron chi connectivity index (χ1n) is 9.06. The van der Waals surface area contributed by atoms with Crippen molar-refractivity contribution in [3.05, 3.63) is 83.2 Å². The monoisotopic (exact) mass is 430 g/mol. The number of alkyl halides is 1. The van der Waals surface area contributed by atoms with Crippen LogP contribution in [0.2, 0.25) is 0 Å². The average molecular weight is 431 g/mol. The molecule has 1 saturated heterocycles. The number of halogens is 1. The van der Waals surface area contributed by atoms with Crippen molar-refractivity contribution >= 4 is 35.4 Å². The summed E-state index contributed by atoms with van der Waals surface area (Å²) in [6, 6.07) is 18.2. The van der Waals surface area contributed by atoms with Gasteiger partial charge in [0, 0.05) is 17.2 Å². The van der Waals surface area contributed by atoms with Crippen LogP contribution in [0.1, 0.15) is 17.2 Å². The van der Waals surface area contributed by atoms with E-state index in [2.05, 4.69) is 0 Å². The fraction of sp³-hybridized carbons (Fsp3) is 0.238. The number of nitrogens with two attached hydrogens (primary N) is 1. The molecule has 150 valence electrons. The number of benzene rings is 2. The average Bonchev–Trinajstić information content (AvgIpc) is 2.77. The van der Waals surface area contributed by atoms with E-state index in [-0.39, 0.29) is 23.0 Å². The third kappa shape index (κ3) is 3.85. The lowest BCUT2D eigenvalue weighted by atomic mass is 10.0. The number of ether oxygens (including phenoxy) is 2. The highest BCUT2D eigenvalue weighted by Gasteiger charge is 2.51. The summed E-state index contributed by atoms with van der Waals surface area (Å²) in [6.07, 6.45) is -1.55. The largest absolute Gasteiger partial charge is 0.516 e. The Kier molecular flexibility index (Phi) is 5.80. The lowest BCUT2D eigenvalue weighted by Crippen LogP contribution is -2.68. The van der Waals surface area contributed by atoms with Crippen LogP contribution >= 0.6 is 23.4 Å². The first-order chi connectivity index (χ1) is 14.1. The summed E-state index contributed by atoms with van der Waals surface area (Å²) >= 11 is 7.51. The van der Waals surface area contributed by atoms with E-state index < -0.39 is 18.3 Å². The molecule has 0 spiro atoms. The summed E-state index contributed by atoms with van der Waals surface area (Å²) < 4.78 is 11.2. The molecule has 1 amide bonds. The van der Waals surface area contributed by atoms with Crippen molar-refractivity contribution in [1.82, 2.24) is 4.90 Å². The van der Waals surface area contributed by atoms with Gasteiger partial charge >= 0.3 is 6.16 Å². The molecule has 2 N–H and O–H groups in total. The van der Waals surface area contributed by atoms with E-state index in [0.717, 1.165) is 11.1 Å². The molecule has 1 unspecified atom stereocenters. The third-order valence-corrected chi connectivity index (χ3v) is 6.48.